The van der Waals surface area contributed by atoms with Gasteiger partial charge in [0.25, 0.3) is 0 Å². The predicted octanol–water partition coefficient (Wildman–Crippen LogP) is 10.8. The van der Waals surface area contributed by atoms with Gasteiger partial charge in [-0.1, -0.05) is 72.8 Å². The lowest BCUT2D eigenvalue weighted by Crippen LogP contribution is -1.81. The van der Waals surface area contributed by atoms with E-state index in [2.05, 4.69) is 102 Å². The Morgan fingerprint density at radius 2 is 0.833 bits per heavy atom. The van der Waals surface area contributed by atoms with Crippen molar-refractivity contribution in [3.05, 3.63) is 109 Å². The first-order valence-corrected chi connectivity index (χ1v) is 16.5. The fourth-order valence-corrected chi connectivity index (χ4v) is 8.86. The van der Waals surface area contributed by atoms with E-state index in [1.54, 1.807) is 0 Å². The number of benzene rings is 5. The largest absolute Gasteiger partial charge is 0.173 e. The third-order valence-corrected chi connectivity index (χ3v) is 11.1. The van der Waals surface area contributed by atoms with Crippen LogP contribution in [0.25, 0.3) is 85.4 Å². The summed E-state index contributed by atoms with van der Waals surface area (Å²) >= 11 is 6.23. The SMILES string of the molecule is c1cc(-c2ccc(-c3cc4cc5sc(-c6ccc(-c7cccc8nsnc78)cc6)cc5cc4s3)cc2)c2nsnc2c1. The monoisotopic (exact) mass is 610 g/mol. The van der Waals surface area contributed by atoms with Crippen LogP contribution in [0.15, 0.2) is 109 Å². The molecule has 0 saturated carbocycles. The van der Waals surface area contributed by atoms with Gasteiger partial charge in [0.05, 0.1) is 23.5 Å². The number of nitrogens with zero attached hydrogens (tertiary/aromatic N) is 4. The maximum absolute atomic E-state index is 4.51. The summed E-state index contributed by atoms with van der Waals surface area (Å²) in [4.78, 5) is 2.56. The Bertz CT molecular complexity index is 2190. The van der Waals surface area contributed by atoms with Crippen LogP contribution in [0.3, 0.4) is 0 Å². The van der Waals surface area contributed by atoms with Gasteiger partial charge in [-0.2, -0.15) is 17.5 Å². The molecule has 0 radical (unpaired) electrons. The molecule has 0 bridgehead atoms. The highest BCUT2D eigenvalue weighted by Crippen LogP contribution is 2.41. The van der Waals surface area contributed by atoms with Crippen LogP contribution in [-0.2, 0) is 0 Å². The second kappa shape index (κ2) is 9.61. The number of hydrogen-bond donors (Lipinski definition) is 0. The van der Waals surface area contributed by atoms with E-state index in [-0.39, 0.29) is 0 Å². The molecule has 4 nitrogen and oxygen atoms in total. The minimum Gasteiger partial charge on any atom is -0.173 e. The molecule has 5 aromatic carbocycles. The summed E-state index contributed by atoms with van der Waals surface area (Å²) in [5.74, 6) is 0. The lowest BCUT2D eigenvalue weighted by molar-refractivity contribution is 1.60. The van der Waals surface area contributed by atoms with Crippen molar-refractivity contribution in [1.82, 2.24) is 17.5 Å². The molecule has 42 heavy (non-hydrogen) atoms. The quantitative estimate of drug-likeness (QED) is 0.199. The summed E-state index contributed by atoms with van der Waals surface area (Å²) in [5.41, 5.74) is 10.9. The number of thiophene rings is 2. The molecule has 0 aliphatic carbocycles. The lowest BCUT2D eigenvalue weighted by atomic mass is 10.0. The summed E-state index contributed by atoms with van der Waals surface area (Å²) in [7, 11) is 0. The zero-order valence-electron chi connectivity index (χ0n) is 21.8. The van der Waals surface area contributed by atoms with Gasteiger partial charge >= 0.3 is 0 Å². The lowest BCUT2D eigenvalue weighted by Gasteiger charge is -2.04. The van der Waals surface area contributed by atoms with E-state index in [1.807, 2.05) is 46.9 Å². The first kappa shape index (κ1) is 24.3. The molecule has 0 unspecified atom stereocenters. The Morgan fingerprint density at radius 3 is 1.29 bits per heavy atom. The normalized spacial score (nSPS) is 11.8. The van der Waals surface area contributed by atoms with Crippen molar-refractivity contribution in [3.63, 3.8) is 0 Å². The number of hydrogen-bond acceptors (Lipinski definition) is 8. The van der Waals surface area contributed by atoms with Gasteiger partial charge in [0.15, 0.2) is 0 Å². The topological polar surface area (TPSA) is 51.6 Å². The van der Waals surface area contributed by atoms with Crippen molar-refractivity contribution >= 4 is 88.4 Å². The first-order valence-electron chi connectivity index (χ1n) is 13.4. The summed E-state index contributed by atoms with van der Waals surface area (Å²) in [5, 5.41) is 2.58. The fraction of sp³-hybridized carbons (Fsp3) is 0. The molecule has 198 valence electrons. The standard InChI is InChI=1S/C34H18N4S4/c1-3-25(33-27(5-1)35-41-37-33)19-7-11-21(12-8-19)29-15-23-17-32-24(18-31(23)39-29)16-30(40-32)22-13-9-20(10-14-22)26-4-2-6-28-34(26)38-42-36-28/h1-18H. The van der Waals surface area contributed by atoms with Crippen molar-refractivity contribution in [2.45, 2.75) is 0 Å². The Labute approximate surface area is 256 Å². The van der Waals surface area contributed by atoms with E-state index in [9.17, 15) is 0 Å². The second-order valence-corrected chi connectivity index (χ2v) is 13.4. The van der Waals surface area contributed by atoms with Gasteiger partial charge in [0, 0.05) is 30.3 Å². The van der Waals surface area contributed by atoms with Crippen LogP contribution in [0.5, 0.6) is 0 Å². The molecule has 9 aromatic rings. The predicted molar refractivity (Wildman–Crippen MR) is 181 cm³/mol. The van der Waals surface area contributed by atoms with E-state index in [1.165, 1.54) is 64.5 Å². The molecule has 0 aliphatic rings. The molecule has 4 aromatic heterocycles. The Balaban J connectivity index is 1.02. The molecule has 0 aliphatic heterocycles. The molecule has 0 saturated heterocycles. The van der Waals surface area contributed by atoms with Gasteiger partial charge in [-0.25, -0.2) is 0 Å². The molecule has 0 amide bonds. The molecule has 4 heterocycles. The number of fused-ring (bicyclic) bond motifs is 4. The van der Waals surface area contributed by atoms with E-state index in [0.29, 0.717) is 0 Å². The van der Waals surface area contributed by atoms with Crippen LogP contribution in [-0.4, -0.2) is 17.5 Å². The van der Waals surface area contributed by atoms with Crippen molar-refractivity contribution in [2.24, 2.45) is 0 Å². The zero-order valence-corrected chi connectivity index (χ0v) is 25.1. The minimum absolute atomic E-state index is 0.952. The molecular formula is C34H18N4S4. The van der Waals surface area contributed by atoms with Crippen LogP contribution in [0.2, 0.25) is 0 Å². The van der Waals surface area contributed by atoms with E-state index >= 15 is 0 Å². The first-order chi connectivity index (χ1) is 20.8. The van der Waals surface area contributed by atoms with Crippen LogP contribution in [0.4, 0.5) is 0 Å². The Hall–Kier alpha value is -4.34. The molecule has 0 fully saturated rings. The van der Waals surface area contributed by atoms with E-state index in [4.69, 9.17) is 0 Å². The molecule has 0 atom stereocenters. The summed E-state index contributed by atoms with van der Waals surface area (Å²) in [6, 6.07) is 39.3. The highest BCUT2D eigenvalue weighted by Gasteiger charge is 2.12. The zero-order chi connectivity index (χ0) is 27.6. The Kier molecular flexibility index (Phi) is 5.55. The van der Waals surface area contributed by atoms with Crippen molar-refractivity contribution < 1.29 is 0 Å². The van der Waals surface area contributed by atoms with Crippen molar-refractivity contribution in [2.75, 3.05) is 0 Å². The van der Waals surface area contributed by atoms with Crippen molar-refractivity contribution in [1.29, 1.82) is 0 Å². The highest BCUT2D eigenvalue weighted by atomic mass is 32.1. The van der Waals surface area contributed by atoms with E-state index in [0.717, 1.165) is 44.3 Å². The summed E-state index contributed by atoms with van der Waals surface area (Å²) in [6.45, 7) is 0. The Morgan fingerprint density at radius 1 is 0.405 bits per heavy atom. The average molecular weight is 611 g/mol. The number of aromatic nitrogens is 4. The van der Waals surface area contributed by atoms with Crippen molar-refractivity contribution in [3.8, 4) is 43.1 Å². The van der Waals surface area contributed by atoms with Gasteiger partial charge < -0.3 is 0 Å². The smallest absolute Gasteiger partial charge is 0.112 e. The third kappa shape index (κ3) is 3.99. The highest BCUT2D eigenvalue weighted by molar-refractivity contribution is 7.23. The number of rotatable bonds is 4. The van der Waals surface area contributed by atoms with Gasteiger partial charge in [0.1, 0.15) is 22.1 Å². The van der Waals surface area contributed by atoms with Gasteiger partial charge in [-0.05, 0) is 69.4 Å². The van der Waals surface area contributed by atoms with Crippen LogP contribution in [0, 0.1) is 0 Å². The summed E-state index contributed by atoms with van der Waals surface area (Å²) < 4.78 is 20.4. The molecule has 0 N–H and O–H groups in total. The molecule has 9 rings (SSSR count). The van der Waals surface area contributed by atoms with Gasteiger partial charge in [-0.3, -0.25) is 0 Å². The maximum Gasteiger partial charge on any atom is 0.112 e. The molecular weight excluding hydrogens is 593 g/mol. The minimum atomic E-state index is 0.952. The summed E-state index contributed by atoms with van der Waals surface area (Å²) in [6.07, 6.45) is 0. The van der Waals surface area contributed by atoms with Gasteiger partial charge in [0.2, 0.25) is 0 Å². The second-order valence-electron chi connectivity index (χ2n) is 10.2. The third-order valence-electron chi connectivity index (χ3n) is 7.69. The molecule has 0 spiro atoms. The van der Waals surface area contributed by atoms with E-state index < -0.39 is 0 Å². The van der Waals surface area contributed by atoms with Gasteiger partial charge in [-0.15, -0.1) is 22.7 Å². The maximum atomic E-state index is 4.51. The van der Waals surface area contributed by atoms with Crippen LogP contribution >= 0.6 is 46.1 Å². The fourth-order valence-electron chi connectivity index (χ4n) is 5.56. The average Bonchev–Trinajstić information content (AvgIpc) is 3.85. The van der Waals surface area contributed by atoms with Crippen LogP contribution in [0.1, 0.15) is 0 Å². The molecule has 8 heteroatoms. The van der Waals surface area contributed by atoms with Crippen LogP contribution < -0.4 is 0 Å².